The van der Waals surface area contributed by atoms with E-state index in [1.807, 2.05) is 62.4 Å². The fraction of sp³-hybridized carbons (Fsp3) is 0.541. The van der Waals surface area contributed by atoms with Crippen molar-refractivity contribution in [2.24, 2.45) is 5.73 Å². The van der Waals surface area contributed by atoms with Gasteiger partial charge in [0.1, 0.15) is 17.6 Å². The number of rotatable bonds is 40. The fourth-order valence-corrected chi connectivity index (χ4v) is 11.7. The molecular formula is C61H85N9O14S2. The highest BCUT2D eigenvalue weighted by atomic mass is 32.2. The summed E-state index contributed by atoms with van der Waals surface area (Å²) in [5, 5.41) is 24.1. The molecule has 0 saturated carbocycles. The van der Waals surface area contributed by atoms with Gasteiger partial charge in [-0.05, 0) is 101 Å². The molecule has 23 nitrogen and oxygen atoms in total. The number of ether oxygens (including phenoxy) is 3. The van der Waals surface area contributed by atoms with Gasteiger partial charge in [0.2, 0.25) is 17.7 Å². The van der Waals surface area contributed by atoms with Crippen molar-refractivity contribution in [1.29, 1.82) is 0 Å². The van der Waals surface area contributed by atoms with Crippen molar-refractivity contribution in [1.82, 2.24) is 30.5 Å². The van der Waals surface area contributed by atoms with E-state index in [0.29, 0.717) is 119 Å². The second-order valence-electron chi connectivity index (χ2n) is 21.0. The molecule has 25 heteroatoms. The van der Waals surface area contributed by atoms with Crippen LogP contribution in [0.1, 0.15) is 126 Å². The molecule has 2 atom stereocenters. The van der Waals surface area contributed by atoms with Crippen LogP contribution in [-0.4, -0.2) is 170 Å². The van der Waals surface area contributed by atoms with Crippen LogP contribution in [0.5, 0.6) is 0 Å². The van der Waals surface area contributed by atoms with E-state index in [0.717, 1.165) is 34.7 Å². The number of fused-ring (bicyclic) bond motifs is 5. The number of unbranched alkanes of at least 4 members (excludes halogenated alkanes) is 2. The number of carboxylic acids is 1. The van der Waals surface area contributed by atoms with E-state index in [1.54, 1.807) is 45.9 Å². The van der Waals surface area contributed by atoms with E-state index in [9.17, 15) is 51.9 Å². The lowest BCUT2D eigenvalue weighted by Crippen LogP contribution is -2.43. The number of methoxy groups -OCH3 is 1. The zero-order chi connectivity index (χ0) is 62.4. The monoisotopic (exact) mass is 1230 g/mol. The van der Waals surface area contributed by atoms with Gasteiger partial charge in [0.05, 0.1) is 55.2 Å². The number of Topliss-reactive ketones (excluding diaryl/α,β-unsaturated/α-hetero) is 2. The number of aryl methyl sites for hydroxylation is 1. The second-order valence-corrected chi connectivity index (χ2v) is 24.2. The summed E-state index contributed by atoms with van der Waals surface area (Å²) >= 11 is 1.09. The van der Waals surface area contributed by atoms with Gasteiger partial charge < -0.3 is 45.5 Å². The highest BCUT2D eigenvalue weighted by Gasteiger charge is 2.31. The lowest BCUT2D eigenvalue weighted by Gasteiger charge is -2.29. The van der Waals surface area contributed by atoms with E-state index in [1.165, 1.54) is 4.90 Å². The lowest BCUT2D eigenvalue weighted by molar-refractivity contribution is -0.138. The van der Waals surface area contributed by atoms with Gasteiger partial charge >= 0.3 is 12.1 Å². The number of ketones is 2. The summed E-state index contributed by atoms with van der Waals surface area (Å²) in [4.78, 5) is 109. The van der Waals surface area contributed by atoms with E-state index in [-0.39, 0.29) is 93.2 Å². The molecule has 0 aliphatic carbocycles. The molecule has 5 N–H and O–H groups in total. The maximum absolute atomic E-state index is 14.4. The maximum Gasteiger partial charge on any atom is 0.415 e. The number of carbonyl (C=O) groups is 8. The predicted octanol–water partition coefficient (Wildman–Crippen LogP) is 6.98. The minimum Gasteiger partial charge on any atom is -0.481 e. The standard InChI is InChI=1S/C61H85N9O14S2/c1-5-67(6-2)60(78)44-28-30-46(31-29-44)69(43-85-41-51(53(72)32-33-57(76)77)64-55(74)26-16-34-62)61(79)84-48(42-86(4,80)81)21-8-7-13-36-70-59-50-23-11-12-24-52(50)68(40-45-18-9-10-22-49(45)58(59)65-66-70)56(75)27-15-20-47(71)19-14-25-54(73)63-35-17-37-83-39-38-82-3/h9-12,18,22-24,28-31,48,51H,5-8,13-17,19-21,25-27,32-43,62H2,1-4H3,(H,63,73)(H,64,74)(H,76,77). The summed E-state index contributed by atoms with van der Waals surface area (Å²) in [6.45, 7) is 7.57. The van der Waals surface area contributed by atoms with Crippen molar-refractivity contribution < 1.29 is 66.1 Å². The SMILES string of the molecule is CCN(CC)C(=O)c1ccc(N(CSCC(NC(=O)CCCN)C(=O)CCC(=O)O)C(=O)OC(CCCCCn2nnc3c2-c2ccccc2N(C(=O)CCCC(=O)CCCC(=O)NCCCOCCOC)Cc2ccccc2-3)CS(C)(=O)=O)cc1. The summed E-state index contributed by atoms with van der Waals surface area (Å²) in [5.74, 6) is -3.30. The quantitative estimate of drug-likeness (QED) is 0.0258. The third kappa shape index (κ3) is 23.0. The smallest absolute Gasteiger partial charge is 0.415 e. The Bertz CT molecular complexity index is 2990. The first-order valence-corrected chi connectivity index (χ1v) is 32.7. The summed E-state index contributed by atoms with van der Waals surface area (Å²) in [6.07, 6.45) is 2.67. The van der Waals surface area contributed by atoms with Gasteiger partial charge in [0, 0.05) is 113 Å². The van der Waals surface area contributed by atoms with Crippen LogP contribution in [0.4, 0.5) is 16.2 Å². The number of nitrogens with two attached hydrogens (primary N) is 1. The Kier molecular flexibility index (Phi) is 29.8. The molecule has 0 radical (unpaired) electrons. The van der Waals surface area contributed by atoms with Crippen LogP contribution in [0.2, 0.25) is 0 Å². The van der Waals surface area contributed by atoms with Crippen molar-refractivity contribution in [2.75, 3.05) is 86.5 Å². The van der Waals surface area contributed by atoms with Crippen LogP contribution in [0.25, 0.3) is 22.5 Å². The topological polar surface area (TPSA) is 309 Å². The third-order valence-corrected chi connectivity index (χ3v) is 16.3. The van der Waals surface area contributed by atoms with Crippen molar-refractivity contribution in [3.05, 3.63) is 83.9 Å². The van der Waals surface area contributed by atoms with Crippen LogP contribution in [0.15, 0.2) is 72.8 Å². The number of anilines is 2. The van der Waals surface area contributed by atoms with Crippen LogP contribution in [0, 0.1) is 0 Å². The first-order chi connectivity index (χ1) is 41.4. The number of aliphatic carboxylic acids is 1. The van der Waals surface area contributed by atoms with Gasteiger partial charge in [-0.15, -0.1) is 16.9 Å². The molecule has 0 saturated heterocycles. The Hall–Kier alpha value is -7.06. The van der Waals surface area contributed by atoms with E-state index in [4.69, 9.17) is 19.9 Å². The molecule has 1 aliphatic heterocycles. The molecule has 2 heterocycles. The van der Waals surface area contributed by atoms with E-state index >= 15 is 0 Å². The van der Waals surface area contributed by atoms with Gasteiger partial charge in [-0.2, -0.15) is 0 Å². The van der Waals surface area contributed by atoms with Crippen molar-refractivity contribution >= 4 is 80.2 Å². The Morgan fingerprint density at radius 1 is 0.779 bits per heavy atom. The van der Waals surface area contributed by atoms with Gasteiger partial charge in [0.25, 0.3) is 5.91 Å². The number of nitrogens with one attached hydrogen (secondary N) is 2. The molecular weight excluding hydrogens is 1150 g/mol. The molecule has 0 fully saturated rings. The first-order valence-electron chi connectivity index (χ1n) is 29.5. The highest BCUT2D eigenvalue weighted by molar-refractivity contribution is 7.99. The molecule has 1 aliphatic rings. The Balaban J connectivity index is 1.26. The van der Waals surface area contributed by atoms with Crippen LogP contribution < -0.4 is 26.2 Å². The number of amides is 5. The molecule has 86 heavy (non-hydrogen) atoms. The molecule has 0 spiro atoms. The molecule has 4 aromatic rings. The Morgan fingerprint density at radius 3 is 2.17 bits per heavy atom. The molecule has 1 aromatic heterocycles. The number of aromatic nitrogens is 3. The number of benzene rings is 3. The number of thioether (sulfide) groups is 1. The Labute approximate surface area is 508 Å². The molecule has 470 valence electrons. The number of carbonyl (C=O) groups excluding carboxylic acids is 7. The van der Waals surface area contributed by atoms with Gasteiger partial charge in [-0.3, -0.25) is 38.5 Å². The van der Waals surface area contributed by atoms with Crippen LogP contribution in [-0.2, 0) is 65.9 Å². The average molecular weight is 1230 g/mol. The average Bonchev–Trinajstić information content (AvgIpc) is 1.54. The minimum absolute atomic E-state index is 0.0131. The number of sulfone groups is 1. The number of para-hydroxylation sites is 1. The van der Waals surface area contributed by atoms with Crippen molar-refractivity contribution in [3.63, 3.8) is 0 Å². The number of carboxylic acid groups (broad SMARTS) is 1. The minimum atomic E-state index is -3.69. The number of hydrogen-bond donors (Lipinski definition) is 4. The van der Waals surface area contributed by atoms with Gasteiger partial charge in [-0.1, -0.05) is 54.1 Å². The number of hydrogen-bond acceptors (Lipinski definition) is 17. The first kappa shape index (κ1) is 69.7. The molecule has 3 aromatic carbocycles. The molecule has 0 bridgehead atoms. The van der Waals surface area contributed by atoms with Gasteiger partial charge in [0.15, 0.2) is 15.6 Å². The van der Waals surface area contributed by atoms with Crippen molar-refractivity contribution in [3.8, 4) is 22.5 Å². The lowest BCUT2D eigenvalue weighted by atomic mass is 9.95. The number of nitrogens with zero attached hydrogens (tertiary/aromatic N) is 6. The summed E-state index contributed by atoms with van der Waals surface area (Å²) in [5.41, 5.74) is 10.7. The zero-order valence-electron chi connectivity index (χ0n) is 50.0. The fourth-order valence-electron chi connectivity index (χ4n) is 9.72. The van der Waals surface area contributed by atoms with Crippen LogP contribution in [0.3, 0.4) is 0 Å². The van der Waals surface area contributed by atoms with Crippen LogP contribution >= 0.6 is 11.8 Å². The van der Waals surface area contributed by atoms with Crippen molar-refractivity contribution in [2.45, 2.75) is 135 Å². The summed E-state index contributed by atoms with van der Waals surface area (Å²) < 4.78 is 43.9. The summed E-state index contributed by atoms with van der Waals surface area (Å²) in [7, 11) is -2.08. The molecule has 5 amide bonds. The van der Waals surface area contributed by atoms with E-state index in [2.05, 4.69) is 20.9 Å². The second kappa shape index (κ2) is 36.8. The normalized spacial score (nSPS) is 12.5. The zero-order valence-corrected chi connectivity index (χ0v) is 51.6. The maximum atomic E-state index is 14.4. The Morgan fingerprint density at radius 2 is 1.48 bits per heavy atom. The summed E-state index contributed by atoms with van der Waals surface area (Å²) in [6, 6.07) is 20.4. The third-order valence-electron chi connectivity index (χ3n) is 14.3. The molecule has 5 rings (SSSR count). The predicted molar refractivity (Wildman–Crippen MR) is 329 cm³/mol. The largest absolute Gasteiger partial charge is 0.481 e. The van der Waals surface area contributed by atoms with E-state index < -0.39 is 57.9 Å². The highest BCUT2D eigenvalue weighted by Crippen LogP contribution is 2.41. The van der Waals surface area contributed by atoms with Gasteiger partial charge in [-0.25, -0.2) is 17.9 Å². The molecule has 2 unspecified atom stereocenters.